The van der Waals surface area contributed by atoms with E-state index in [2.05, 4.69) is 103 Å². The Balaban J connectivity index is 1.17. The van der Waals surface area contributed by atoms with Crippen molar-refractivity contribution in [1.82, 2.24) is 15.0 Å². The van der Waals surface area contributed by atoms with Gasteiger partial charge in [0.25, 0.3) is 0 Å². The molecule has 0 N–H and O–H groups in total. The molecule has 42 heavy (non-hydrogen) atoms. The first-order chi connectivity index (χ1) is 20.8. The van der Waals surface area contributed by atoms with E-state index in [1.165, 1.54) is 16.3 Å². The van der Waals surface area contributed by atoms with E-state index in [1.54, 1.807) is 0 Å². The van der Waals surface area contributed by atoms with Crippen LogP contribution in [0.5, 0.6) is 0 Å². The van der Waals surface area contributed by atoms with Crippen molar-refractivity contribution in [3.05, 3.63) is 152 Å². The molecule has 0 saturated heterocycles. The Morgan fingerprint density at radius 3 is 1.67 bits per heavy atom. The van der Waals surface area contributed by atoms with Gasteiger partial charge >= 0.3 is 0 Å². The number of benzene rings is 6. The summed E-state index contributed by atoms with van der Waals surface area (Å²) in [4.78, 5) is 14.9. The highest BCUT2D eigenvalue weighted by atomic mass is 14.8. The van der Waals surface area contributed by atoms with Crippen LogP contribution in [0.3, 0.4) is 0 Å². The van der Waals surface area contributed by atoms with Crippen molar-refractivity contribution in [3.63, 3.8) is 0 Å². The normalized spacial score (nSPS) is 11.3. The summed E-state index contributed by atoms with van der Waals surface area (Å²) < 4.78 is 0. The number of fused-ring (bicyclic) bond motifs is 4. The predicted molar refractivity (Wildman–Crippen MR) is 174 cm³/mol. The van der Waals surface area contributed by atoms with Crippen molar-refractivity contribution in [2.45, 2.75) is 0 Å². The van der Waals surface area contributed by atoms with Gasteiger partial charge in [0.2, 0.25) is 0 Å². The maximum Gasteiger partial charge on any atom is 0.0973 e. The van der Waals surface area contributed by atoms with Crippen LogP contribution in [-0.4, -0.2) is 15.0 Å². The second-order valence-corrected chi connectivity index (χ2v) is 10.5. The van der Waals surface area contributed by atoms with E-state index >= 15 is 0 Å². The van der Waals surface area contributed by atoms with Crippen LogP contribution in [0.25, 0.3) is 77.5 Å². The summed E-state index contributed by atoms with van der Waals surface area (Å²) in [5, 5.41) is 3.57. The molecule has 3 heteroatoms. The molecule has 0 aliphatic heterocycles. The van der Waals surface area contributed by atoms with E-state index in [1.807, 2.05) is 48.7 Å². The molecule has 0 aliphatic rings. The van der Waals surface area contributed by atoms with Crippen LogP contribution >= 0.6 is 0 Å². The minimum Gasteiger partial charge on any atom is -0.256 e. The van der Waals surface area contributed by atoms with E-state index in [-0.39, 0.29) is 0 Å². The molecule has 0 aliphatic carbocycles. The first kappa shape index (κ1) is 24.2. The average molecular weight is 536 g/mol. The molecule has 0 amide bonds. The van der Waals surface area contributed by atoms with Gasteiger partial charge in [-0.3, -0.25) is 4.98 Å². The smallest absolute Gasteiger partial charge is 0.0973 e. The zero-order valence-electron chi connectivity index (χ0n) is 22.8. The highest BCUT2D eigenvalue weighted by Gasteiger charge is 2.14. The van der Waals surface area contributed by atoms with Crippen molar-refractivity contribution in [1.29, 1.82) is 0 Å². The Kier molecular flexibility index (Phi) is 5.79. The lowest BCUT2D eigenvalue weighted by atomic mass is 9.96. The second kappa shape index (κ2) is 10.1. The zero-order chi connectivity index (χ0) is 27.9. The summed E-state index contributed by atoms with van der Waals surface area (Å²) in [6.45, 7) is 0. The minimum absolute atomic E-state index is 0.884. The van der Waals surface area contributed by atoms with Crippen LogP contribution in [0.15, 0.2) is 152 Å². The van der Waals surface area contributed by atoms with Gasteiger partial charge in [-0.05, 0) is 51.9 Å². The van der Waals surface area contributed by atoms with Crippen molar-refractivity contribution in [2.75, 3.05) is 0 Å². The Labute approximate surface area is 243 Å². The van der Waals surface area contributed by atoms with E-state index in [4.69, 9.17) is 15.0 Å². The molecule has 8 aromatic rings. The lowest BCUT2D eigenvalue weighted by Gasteiger charge is -2.12. The number of para-hydroxylation sites is 2. The van der Waals surface area contributed by atoms with Gasteiger partial charge in [0.05, 0.1) is 27.9 Å². The maximum absolute atomic E-state index is 5.09. The van der Waals surface area contributed by atoms with Gasteiger partial charge in [0.15, 0.2) is 0 Å². The molecule has 2 heterocycles. The number of hydrogen-bond acceptors (Lipinski definition) is 3. The number of rotatable bonds is 4. The Morgan fingerprint density at radius 1 is 0.333 bits per heavy atom. The molecular formula is C39H25N3. The van der Waals surface area contributed by atoms with Crippen LogP contribution in [-0.2, 0) is 0 Å². The molecule has 0 fully saturated rings. The number of pyridine rings is 1. The summed E-state index contributed by atoms with van der Waals surface area (Å²) >= 11 is 0. The fourth-order valence-electron chi connectivity index (χ4n) is 5.74. The van der Waals surface area contributed by atoms with Crippen LogP contribution in [0.1, 0.15) is 0 Å². The van der Waals surface area contributed by atoms with Gasteiger partial charge in [0.1, 0.15) is 0 Å². The molecule has 0 radical (unpaired) electrons. The lowest BCUT2D eigenvalue weighted by molar-refractivity contribution is 1.29. The third-order valence-electron chi connectivity index (χ3n) is 7.90. The average Bonchev–Trinajstić information content (AvgIpc) is 3.08. The zero-order valence-corrected chi connectivity index (χ0v) is 22.8. The molecule has 0 unspecified atom stereocenters. The molecule has 6 aromatic carbocycles. The van der Waals surface area contributed by atoms with Gasteiger partial charge in [-0.1, -0.05) is 121 Å². The predicted octanol–water partition coefficient (Wildman–Crippen LogP) is 10.00. The van der Waals surface area contributed by atoms with Crippen LogP contribution in [0.2, 0.25) is 0 Å². The van der Waals surface area contributed by atoms with E-state index < -0.39 is 0 Å². The molecule has 3 nitrogen and oxygen atoms in total. The third-order valence-corrected chi connectivity index (χ3v) is 7.90. The summed E-state index contributed by atoms with van der Waals surface area (Å²) in [5.41, 5.74) is 11.3. The van der Waals surface area contributed by atoms with Gasteiger partial charge in [-0.2, -0.15) is 0 Å². The summed E-state index contributed by atoms with van der Waals surface area (Å²) in [7, 11) is 0. The van der Waals surface area contributed by atoms with Gasteiger partial charge in [-0.15, -0.1) is 0 Å². The van der Waals surface area contributed by atoms with E-state index in [0.29, 0.717) is 0 Å². The van der Waals surface area contributed by atoms with Crippen molar-refractivity contribution >= 4 is 32.7 Å². The largest absolute Gasteiger partial charge is 0.256 e. The standard InChI is InChI=1S/C39H25N3/c1-2-9-28(10-3-1)38-39(42-36-16-7-6-15-35(36)41-38)31-13-8-12-29(23-31)26-17-19-27(20-18-26)30-21-22-34-33-14-5-4-11-32(33)25-40-37(34)24-30/h1-25H. The van der Waals surface area contributed by atoms with Crippen molar-refractivity contribution in [3.8, 4) is 44.8 Å². The van der Waals surface area contributed by atoms with Gasteiger partial charge in [0, 0.05) is 28.1 Å². The topological polar surface area (TPSA) is 38.7 Å². The van der Waals surface area contributed by atoms with Crippen molar-refractivity contribution in [2.24, 2.45) is 0 Å². The first-order valence-electron chi connectivity index (χ1n) is 14.1. The fraction of sp³-hybridized carbons (Fsp3) is 0. The quantitative estimate of drug-likeness (QED) is 0.211. The number of nitrogens with zero attached hydrogens (tertiary/aromatic N) is 3. The second-order valence-electron chi connectivity index (χ2n) is 10.5. The molecular weight excluding hydrogens is 510 g/mol. The van der Waals surface area contributed by atoms with Crippen LogP contribution in [0.4, 0.5) is 0 Å². The Morgan fingerprint density at radius 2 is 0.905 bits per heavy atom. The maximum atomic E-state index is 5.09. The number of hydrogen-bond donors (Lipinski definition) is 0. The van der Waals surface area contributed by atoms with Gasteiger partial charge in [-0.25, -0.2) is 9.97 Å². The highest BCUT2D eigenvalue weighted by molar-refractivity contribution is 6.06. The fourth-order valence-corrected chi connectivity index (χ4v) is 5.74. The molecule has 8 rings (SSSR count). The summed E-state index contributed by atoms with van der Waals surface area (Å²) in [6.07, 6.45) is 1.96. The number of aromatic nitrogens is 3. The molecule has 196 valence electrons. The summed E-state index contributed by atoms with van der Waals surface area (Å²) in [6, 6.07) is 50.7. The molecule has 0 saturated carbocycles. The highest BCUT2D eigenvalue weighted by Crippen LogP contribution is 2.34. The van der Waals surface area contributed by atoms with E-state index in [9.17, 15) is 0 Å². The molecule has 0 bridgehead atoms. The summed E-state index contributed by atoms with van der Waals surface area (Å²) in [5.74, 6) is 0. The lowest BCUT2D eigenvalue weighted by Crippen LogP contribution is -1.95. The third kappa shape index (κ3) is 4.29. The van der Waals surface area contributed by atoms with Crippen LogP contribution in [0, 0.1) is 0 Å². The molecule has 0 spiro atoms. The molecule has 0 atom stereocenters. The minimum atomic E-state index is 0.884. The Bertz CT molecular complexity index is 2240. The van der Waals surface area contributed by atoms with Gasteiger partial charge < -0.3 is 0 Å². The SMILES string of the molecule is c1ccc(-c2nc3ccccc3nc2-c2cccc(-c3ccc(-c4ccc5c(c4)ncc4ccccc45)cc3)c2)cc1. The van der Waals surface area contributed by atoms with Crippen LogP contribution < -0.4 is 0 Å². The van der Waals surface area contributed by atoms with E-state index in [0.717, 1.165) is 61.1 Å². The molecule has 2 aromatic heterocycles. The monoisotopic (exact) mass is 535 g/mol. The van der Waals surface area contributed by atoms with Crippen molar-refractivity contribution < 1.29 is 0 Å². The first-order valence-corrected chi connectivity index (χ1v) is 14.1. The Hall–Kier alpha value is -5.67.